The minimum absolute atomic E-state index is 0. The van der Waals surface area contributed by atoms with E-state index in [1.807, 2.05) is 42.9 Å². The monoisotopic (exact) mass is 383 g/mol. The number of hydrogen-bond acceptors (Lipinski definition) is 4. The molecule has 0 saturated carbocycles. The van der Waals surface area contributed by atoms with Gasteiger partial charge in [0, 0.05) is 39.1 Å². The van der Waals surface area contributed by atoms with Gasteiger partial charge in [0.1, 0.15) is 5.82 Å². The van der Waals surface area contributed by atoms with E-state index in [1.54, 1.807) is 6.20 Å². The number of imidazole rings is 1. The Kier molecular flexibility index (Phi) is 6.84. The maximum Gasteiger partial charge on any atom is 0.238 e. The van der Waals surface area contributed by atoms with Crippen LogP contribution in [-0.4, -0.2) is 46.5 Å². The summed E-state index contributed by atoms with van der Waals surface area (Å²) in [5.74, 6) is 0.894. The second-order valence-corrected chi connectivity index (χ2v) is 6.53. The molecular weight excluding hydrogens is 361 g/mol. The summed E-state index contributed by atoms with van der Waals surface area (Å²) in [6.07, 6.45) is 3.71. The normalized spacial score (nSPS) is 17.8. The van der Waals surface area contributed by atoms with Gasteiger partial charge in [-0.2, -0.15) is 0 Å². The van der Waals surface area contributed by atoms with Crippen LogP contribution in [0.25, 0.3) is 0 Å². The van der Waals surface area contributed by atoms with Gasteiger partial charge in [0.15, 0.2) is 0 Å². The Labute approximate surface area is 159 Å². The molecule has 8 heteroatoms. The van der Waals surface area contributed by atoms with E-state index in [0.29, 0.717) is 17.3 Å². The van der Waals surface area contributed by atoms with Gasteiger partial charge in [0.25, 0.3) is 0 Å². The first-order valence-corrected chi connectivity index (χ1v) is 8.40. The van der Waals surface area contributed by atoms with Gasteiger partial charge in [0.2, 0.25) is 5.91 Å². The molecule has 1 atom stereocenters. The van der Waals surface area contributed by atoms with Crippen molar-refractivity contribution in [3.05, 3.63) is 47.0 Å². The molecule has 2 heterocycles. The Morgan fingerprint density at radius 3 is 2.96 bits per heavy atom. The summed E-state index contributed by atoms with van der Waals surface area (Å²) in [4.78, 5) is 19.0. The van der Waals surface area contributed by atoms with Crippen LogP contribution in [0.1, 0.15) is 17.4 Å². The molecule has 6 nitrogen and oxygen atoms in total. The number of hydrogen-bond donors (Lipinski definition) is 2. The first kappa shape index (κ1) is 19.7. The van der Waals surface area contributed by atoms with Crippen molar-refractivity contribution in [3.8, 4) is 0 Å². The lowest BCUT2D eigenvalue weighted by Gasteiger charge is -2.35. The molecule has 136 valence electrons. The van der Waals surface area contributed by atoms with Crippen molar-refractivity contribution in [2.75, 3.05) is 31.5 Å². The number of carbonyl (C=O) groups is 1. The van der Waals surface area contributed by atoms with Crippen molar-refractivity contribution in [1.82, 2.24) is 19.8 Å². The van der Waals surface area contributed by atoms with Gasteiger partial charge >= 0.3 is 0 Å². The molecule has 1 aliphatic heterocycles. The van der Waals surface area contributed by atoms with E-state index in [2.05, 4.69) is 20.5 Å². The number of rotatable bonds is 4. The highest BCUT2D eigenvalue weighted by molar-refractivity contribution is 6.33. The Morgan fingerprint density at radius 1 is 1.48 bits per heavy atom. The van der Waals surface area contributed by atoms with Crippen molar-refractivity contribution in [2.45, 2.75) is 13.0 Å². The molecular formula is C17H23Cl2N5O. The van der Waals surface area contributed by atoms with Crippen LogP contribution in [0.4, 0.5) is 5.69 Å². The molecule has 1 aromatic heterocycles. The number of aryl methyl sites for hydroxylation is 2. The van der Waals surface area contributed by atoms with E-state index in [1.165, 1.54) is 0 Å². The van der Waals surface area contributed by atoms with Crippen molar-refractivity contribution in [3.63, 3.8) is 0 Å². The van der Waals surface area contributed by atoms with Gasteiger partial charge in [-0.15, -0.1) is 12.4 Å². The predicted molar refractivity (Wildman–Crippen MR) is 102 cm³/mol. The lowest BCUT2D eigenvalue weighted by atomic mass is 10.1. The number of aromatic nitrogens is 2. The molecule has 3 rings (SSSR count). The van der Waals surface area contributed by atoms with Crippen LogP contribution >= 0.6 is 24.0 Å². The number of carbonyl (C=O) groups excluding carboxylic acids is 1. The first-order chi connectivity index (χ1) is 11.5. The minimum Gasteiger partial charge on any atom is -0.337 e. The van der Waals surface area contributed by atoms with Crippen molar-refractivity contribution in [2.24, 2.45) is 7.05 Å². The topological polar surface area (TPSA) is 62.2 Å². The van der Waals surface area contributed by atoms with Crippen LogP contribution in [0.5, 0.6) is 0 Å². The highest BCUT2D eigenvalue weighted by Gasteiger charge is 2.28. The maximum atomic E-state index is 12.5. The summed E-state index contributed by atoms with van der Waals surface area (Å²) in [7, 11) is 1.97. The number of halogens is 2. The molecule has 0 aliphatic carbocycles. The van der Waals surface area contributed by atoms with Gasteiger partial charge in [-0.05, 0) is 24.6 Å². The molecule has 0 bridgehead atoms. The zero-order chi connectivity index (χ0) is 17.1. The number of nitrogens with one attached hydrogen (secondary N) is 2. The molecule has 1 fully saturated rings. The number of benzene rings is 1. The SMILES string of the molecule is Cc1ccc(NC(=O)CN2CCNCC2c2nccn2C)c(Cl)c1.Cl. The third-order valence-corrected chi connectivity index (χ3v) is 4.57. The number of amides is 1. The standard InChI is InChI=1S/C17H22ClN5O.ClH/c1-12-3-4-14(13(18)9-12)21-16(24)11-23-8-5-19-10-15(23)17-20-6-7-22(17)2;/h3-4,6-7,9,15,19H,5,8,10-11H2,1-2H3,(H,21,24);1H. The third-order valence-electron chi connectivity index (χ3n) is 4.26. The van der Waals surface area contributed by atoms with Gasteiger partial charge in [-0.3, -0.25) is 9.69 Å². The third kappa shape index (κ3) is 4.73. The van der Waals surface area contributed by atoms with E-state index in [4.69, 9.17) is 11.6 Å². The minimum atomic E-state index is -0.0677. The van der Waals surface area contributed by atoms with E-state index in [0.717, 1.165) is 31.0 Å². The van der Waals surface area contributed by atoms with Crippen LogP contribution in [0.3, 0.4) is 0 Å². The zero-order valence-corrected chi connectivity index (χ0v) is 15.9. The first-order valence-electron chi connectivity index (χ1n) is 8.02. The second kappa shape index (κ2) is 8.67. The average Bonchev–Trinajstić information content (AvgIpc) is 2.97. The highest BCUT2D eigenvalue weighted by Crippen LogP contribution is 2.24. The fourth-order valence-electron chi connectivity index (χ4n) is 2.98. The Morgan fingerprint density at radius 2 is 2.28 bits per heavy atom. The zero-order valence-electron chi connectivity index (χ0n) is 14.3. The van der Waals surface area contributed by atoms with Crippen molar-refractivity contribution in [1.29, 1.82) is 0 Å². The van der Waals surface area contributed by atoms with E-state index in [9.17, 15) is 4.79 Å². The molecule has 25 heavy (non-hydrogen) atoms. The summed E-state index contributed by atoms with van der Waals surface area (Å²) in [5.41, 5.74) is 1.71. The van der Waals surface area contributed by atoms with Crippen LogP contribution < -0.4 is 10.6 Å². The molecule has 1 amide bonds. The molecule has 1 saturated heterocycles. The molecule has 1 aromatic carbocycles. The Balaban J connectivity index is 0.00000225. The van der Waals surface area contributed by atoms with Crippen LogP contribution in [0.15, 0.2) is 30.6 Å². The highest BCUT2D eigenvalue weighted by atomic mass is 35.5. The largest absolute Gasteiger partial charge is 0.337 e. The lowest BCUT2D eigenvalue weighted by Crippen LogP contribution is -2.49. The van der Waals surface area contributed by atoms with Crippen LogP contribution in [0, 0.1) is 6.92 Å². The maximum absolute atomic E-state index is 12.5. The number of piperazine rings is 1. The Hall–Kier alpha value is -1.60. The van der Waals surface area contributed by atoms with Crippen LogP contribution in [-0.2, 0) is 11.8 Å². The molecule has 2 N–H and O–H groups in total. The average molecular weight is 384 g/mol. The summed E-state index contributed by atoms with van der Waals surface area (Å²) in [5, 5.41) is 6.84. The van der Waals surface area contributed by atoms with Crippen LogP contribution in [0.2, 0.25) is 5.02 Å². The Bertz CT molecular complexity index is 734. The second-order valence-electron chi connectivity index (χ2n) is 6.12. The number of nitrogens with zero attached hydrogens (tertiary/aromatic N) is 3. The molecule has 2 aromatic rings. The van der Waals surface area contributed by atoms with Gasteiger partial charge in [0.05, 0.1) is 23.3 Å². The molecule has 0 spiro atoms. The summed E-state index contributed by atoms with van der Waals surface area (Å²) >= 11 is 6.20. The molecule has 1 aliphatic rings. The molecule has 0 radical (unpaired) electrons. The van der Waals surface area contributed by atoms with E-state index >= 15 is 0 Å². The lowest BCUT2D eigenvalue weighted by molar-refractivity contribution is -0.118. The summed E-state index contributed by atoms with van der Waals surface area (Å²) in [6.45, 7) is 4.72. The number of anilines is 1. The molecule has 1 unspecified atom stereocenters. The summed E-state index contributed by atoms with van der Waals surface area (Å²) < 4.78 is 2.00. The fourth-order valence-corrected chi connectivity index (χ4v) is 3.27. The van der Waals surface area contributed by atoms with Gasteiger partial charge < -0.3 is 15.2 Å². The smallest absolute Gasteiger partial charge is 0.238 e. The van der Waals surface area contributed by atoms with E-state index in [-0.39, 0.29) is 24.4 Å². The fraction of sp³-hybridized carbons (Fsp3) is 0.412. The van der Waals surface area contributed by atoms with E-state index < -0.39 is 0 Å². The van der Waals surface area contributed by atoms with Gasteiger partial charge in [-0.25, -0.2) is 4.98 Å². The predicted octanol–water partition coefficient (Wildman–Crippen LogP) is 2.39. The van der Waals surface area contributed by atoms with Gasteiger partial charge in [-0.1, -0.05) is 17.7 Å². The van der Waals surface area contributed by atoms with Crippen molar-refractivity contribution < 1.29 is 4.79 Å². The quantitative estimate of drug-likeness (QED) is 0.850. The van der Waals surface area contributed by atoms with Crippen molar-refractivity contribution >= 4 is 35.6 Å². The summed E-state index contributed by atoms with van der Waals surface area (Å²) in [6, 6.07) is 5.70.